The zero-order chi connectivity index (χ0) is 28.9. The van der Waals surface area contributed by atoms with Crippen LogP contribution in [0.2, 0.25) is 18.1 Å². The summed E-state index contributed by atoms with van der Waals surface area (Å²) in [4.78, 5) is 14.9. The molecule has 0 radical (unpaired) electrons. The number of methoxy groups -OCH3 is 1. The van der Waals surface area contributed by atoms with E-state index >= 15 is 0 Å². The van der Waals surface area contributed by atoms with Crippen molar-refractivity contribution in [1.82, 2.24) is 0 Å². The quantitative estimate of drug-likeness (QED) is 0.120. The first-order valence-electron chi connectivity index (χ1n) is 16.9. The van der Waals surface area contributed by atoms with Crippen molar-refractivity contribution in [1.29, 1.82) is 0 Å². The van der Waals surface area contributed by atoms with E-state index in [9.17, 15) is 4.79 Å². The van der Waals surface area contributed by atoms with Gasteiger partial charge in [-0.1, -0.05) is 86.3 Å². The van der Waals surface area contributed by atoms with Gasteiger partial charge in [-0.05, 0) is 99.1 Å². The van der Waals surface area contributed by atoms with E-state index in [1.54, 1.807) is 0 Å². The van der Waals surface area contributed by atoms with Gasteiger partial charge in [-0.3, -0.25) is 4.79 Å². The largest absolute Gasteiger partial charge is 0.413 e. The Labute approximate surface area is 243 Å². The molecule has 4 heteroatoms. The third-order valence-electron chi connectivity index (χ3n) is 12.7. The van der Waals surface area contributed by atoms with Crippen molar-refractivity contribution < 1.29 is 14.0 Å². The number of carbonyl (C=O) groups excluding carboxylic acids is 1. The van der Waals surface area contributed by atoms with Crippen molar-refractivity contribution in [3.8, 4) is 0 Å². The van der Waals surface area contributed by atoms with E-state index in [0.29, 0.717) is 17.6 Å². The van der Waals surface area contributed by atoms with Crippen LogP contribution < -0.4 is 0 Å². The molecule has 3 fully saturated rings. The molecule has 3 aliphatic carbocycles. The normalized spacial score (nSPS) is 39.1. The fraction of sp³-hybridized carbons (Fsp3) is 0.914. The van der Waals surface area contributed by atoms with Crippen molar-refractivity contribution in [2.24, 2.45) is 34.0 Å². The maximum atomic E-state index is 14.9. The van der Waals surface area contributed by atoms with E-state index in [1.807, 2.05) is 7.11 Å². The molecule has 3 rings (SSSR count). The van der Waals surface area contributed by atoms with Crippen LogP contribution in [-0.4, -0.2) is 33.4 Å². The molecule has 0 spiro atoms. The SMILES string of the molecule is CCCCCCC/C=C/C[C@]1(C)C(=O)[C@H](C)[C@@]23CC[C@@H](C)[C@@](C)(C[C@@H]1O[Si](CC)(CC)CC)[C@@H]2[C@H](OC)CC3. The van der Waals surface area contributed by atoms with Crippen molar-refractivity contribution in [3.63, 3.8) is 0 Å². The van der Waals surface area contributed by atoms with E-state index in [-0.39, 0.29) is 29.0 Å². The Morgan fingerprint density at radius 3 is 2.18 bits per heavy atom. The Hall–Kier alpha value is -0.453. The van der Waals surface area contributed by atoms with Crippen LogP contribution in [0.15, 0.2) is 12.2 Å². The maximum Gasteiger partial charge on any atom is 0.192 e. The highest BCUT2D eigenvalue weighted by Crippen LogP contribution is 2.68. The lowest BCUT2D eigenvalue weighted by Gasteiger charge is -2.62. The van der Waals surface area contributed by atoms with Gasteiger partial charge in [0.1, 0.15) is 5.78 Å². The second-order valence-corrected chi connectivity index (χ2v) is 19.1. The number of rotatable bonds is 14. The van der Waals surface area contributed by atoms with Gasteiger partial charge in [-0.2, -0.15) is 0 Å². The second kappa shape index (κ2) is 13.7. The van der Waals surface area contributed by atoms with Crippen LogP contribution in [-0.2, 0) is 14.0 Å². The summed E-state index contributed by atoms with van der Waals surface area (Å²) in [6.07, 6.45) is 19.1. The summed E-state index contributed by atoms with van der Waals surface area (Å²) in [7, 11) is -0.0118. The van der Waals surface area contributed by atoms with Crippen LogP contribution in [0.1, 0.15) is 132 Å². The first-order chi connectivity index (χ1) is 18.5. The van der Waals surface area contributed by atoms with Crippen LogP contribution in [0.5, 0.6) is 0 Å². The highest BCUT2D eigenvalue weighted by Gasteiger charge is 2.67. The summed E-state index contributed by atoms with van der Waals surface area (Å²) in [6.45, 7) is 18.9. The molecule has 3 saturated carbocycles. The third kappa shape index (κ3) is 6.19. The van der Waals surface area contributed by atoms with Gasteiger partial charge in [-0.15, -0.1) is 0 Å². The molecule has 0 aromatic heterocycles. The van der Waals surface area contributed by atoms with E-state index in [0.717, 1.165) is 50.2 Å². The summed E-state index contributed by atoms with van der Waals surface area (Å²) >= 11 is 0. The van der Waals surface area contributed by atoms with Gasteiger partial charge in [0, 0.05) is 13.0 Å². The van der Waals surface area contributed by atoms with Gasteiger partial charge in [0.15, 0.2) is 8.32 Å². The summed E-state index contributed by atoms with van der Waals surface area (Å²) < 4.78 is 13.7. The zero-order valence-electron chi connectivity index (χ0n) is 27.4. The van der Waals surface area contributed by atoms with E-state index in [1.165, 1.54) is 44.9 Å². The van der Waals surface area contributed by atoms with Gasteiger partial charge in [0.25, 0.3) is 0 Å². The minimum absolute atomic E-state index is 0.0187. The molecule has 226 valence electrons. The predicted octanol–water partition coefficient (Wildman–Crippen LogP) is 10.1. The molecule has 2 bridgehead atoms. The van der Waals surface area contributed by atoms with Crippen molar-refractivity contribution in [2.45, 2.75) is 163 Å². The Bertz CT molecular complexity index is 812. The van der Waals surface area contributed by atoms with Gasteiger partial charge in [-0.25, -0.2) is 0 Å². The highest BCUT2D eigenvalue weighted by atomic mass is 28.4. The molecule has 0 heterocycles. The number of unbranched alkanes of at least 4 members (excludes halogenated alkanes) is 5. The molecule has 3 aliphatic rings. The number of allylic oxidation sites excluding steroid dienone is 2. The van der Waals surface area contributed by atoms with E-state index < -0.39 is 13.7 Å². The molecule has 0 aliphatic heterocycles. The Morgan fingerprint density at radius 2 is 1.56 bits per heavy atom. The molecular weight excluding hydrogens is 496 g/mol. The summed E-state index contributed by atoms with van der Waals surface area (Å²) in [6, 6.07) is 3.39. The van der Waals surface area contributed by atoms with Crippen LogP contribution in [0.4, 0.5) is 0 Å². The molecule has 0 aromatic carbocycles. The number of carbonyl (C=O) groups is 1. The fourth-order valence-corrected chi connectivity index (χ4v) is 12.4. The molecule has 3 nitrogen and oxygen atoms in total. The predicted molar refractivity (Wildman–Crippen MR) is 169 cm³/mol. The lowest BCUT2D eigenvalue weighted by atomic mass is 9.44. The third-order valence-corrected chi connectivity index (χ3v) is 17.4. The van der Waals surface area contributed by atoms with Gasteiger partial charge >= 0.3 is 0 Å². The molecule has 39 heavy (non-hydrogen) atoms. The Balaban J connectivity index is 2.02. The second-order valence-electron chi connectivity index (χ2n) is 14.4. The van der Waals surface area contributed by atoms with Crippen LogP contribution in [0.25, 0.3) is 0 Å². The van der Waals surface area contributed by atoms with Gasteiger partial charge in [0.2, 0.25) is 0 Å². The highest BCUT2D eigenvalue weighted by molar-refractivity contribution is 6.73. The summed E-state index contributed by atoms with van der Waals surface area (Å²) in [5, 5.41) is 0. The number of ether oxygens (including phenoxy) is 1. The Kier molecular flexibility index (Phi) is 11.6. The topological polar surface area (TPSA) is 35.5 Å². The number of ketones is 1. The molecule has 0 unspecified atom stereocenters. The summed E-state index contributed by atoms with van der Waals surface area (Å²) in [5.41, 5.74) is -0.283. The standard InChI is InChI=1S/C35H64O3Si/c1-10-14-15-16-17-18-19-20-23-33(7)30(38-39(11-2,12-3)13-4)26-34(8)27(5)21-24-35(28(6)32(33)36)25-22-29(37-9)31(34)35/h19-20,27-31H,10-18,21-26H2,1-9H3/b20-19+/t27-,28+,29-,30+,31+,33+,34-,35+/m1/s1. The Morgan fingerprint density at radius 1 is 0.923 bits per heavy atom. The zero-order valence-corrected chi connectivity index (χ0v) is 28.4. The molecule has 8 atom stereocenters. The first-order valence-corrected chi connectivity index (χ1v) is 19.5. The lowest BCUT2D eigenvalue weighted by molar-refractivity contribution is -0.176. The van der Waals surface area contributed by atoms with E-state index in [2.05, 4.69) is 67.5 Å². The van der Waals surface area contributed by atoms with Crippen molar-refractivity contribution >= 4 is 14.1 Å². The number of hydrogen-bond acceptors (Lipinski definition) is 3. The van der Waals surface area contributed by atoms with Crippen LogP contribution in [0.3, 0.4) is 0 Å². The lowest BCUT2D eigenvalue weighted by Crippen LogP contribution is -2.62. The van der Waals surface area contributed by atoms with Crippen molar-refractivity contribution in [3.05, 3.63) is 12.2 Å². The summed E-state index contributed by atoms with van der Waals surface area (Å²) in [5.74, 6) is 1.58. The smallest absolute Gasteiger partial charge is 0.192 e. The molecule has 0 amide bonds. The molecule has 0 saturated heterocycles. The molecule has 0 aromatic rings. The maximum absolute atomic E-state index is 14.9. The average molecular weight is 561 g/mol. The fourth-order valence-electron chi connectivity index (χ4n) is 9.43. The van der Waals surface area contributed by atoms with Gasteiger partial charge < -0.3 is 9.16 Å². The van der Waals surface area contributed by atoms with Crippen molar-refractivity contribution in [2.75, 3.05) is 7.11 Å². The van der Waals surface area contributed by atoms with Crippen LogP contribution >= 0.6 is 0 Å². The number of Topliss-reactive ketones (excluding diaryl/α,β-unsaturated/α-hetero) is 1. The number of hydrogen-bond donors (Lipinski definition) is 0. The monoisotopic (exact) mass is 560 g/mol. The van der Waals surface area contributed by atoms with E-state index in [4.69, 9.17) is 9.16 Å². The molecular formula is C35H64O3Si. The first kappa shape index (κ1) is 33.1. The minimum atomic E-state index is -1.92. The minimum Gasteiger partial charge on any atom is -0.413 e. The average Bonchev–Trinajstić information content (AvgIpc) is 3.34. The molecule has 0 N–H and O–H groups in total. The van der Waals surface area contributed by atoms with Gasteiger partial charge in [0.05, 0.1) is 17.6 Å². The van der Waals surface area contributed by atoms with Crippen LogP contribution in [0, 0.1) is 34.0 Å².